The number of amides is 3. The third-order valence-corrected chi connectivity index (χ3v) is 1.46. The van der Waals surface area contributed by atoms with Crippen LogP contribution < -0.4 is 10.6 Å². The molecular weight excluding hydrogens is 216 g/mol. The highest BCUT2D eigenvalue weighted by atomic mass is 16.5. The van der Waals surface area contributed by atoms with Gasteiger partial charge in [0.2, 0.25) is 5.71 Å². The Morgan fingerprint density at radius 3 is 2.75 bits per heavy atom. The number of rotatable bonds is 5. The molecule has 8 heteroatoms. The Bertz CT molecular complexity index is 320. The van der Waals surface area contributed by atoms with E-state index in [2.05, 4.69) is 10.5 Å². The van der Waals surface area contributed by atoms with Gasteiger partial charge in [0.15, 0.2) is 0 Å². The standard InChI is InChI=1S/C8H12N4O4/c1-16-4-2-3-10-8(14)11-7(13)6(5-9)12-15/h15H,2-4H2,1H3,(H2,10,11,13,14)/b12-6+. The summed E-state index contributed by atoms with van der Waals surface area (Å²) in [5.74, 6) is -1.06. The first-order valence-electron chi connectivity index (χ1n) is 4.36. The minimum absolute atomic E-state index is 0.325. The summed E-state index contributed by atoms with van der Waals surface area (Å²) in [4.78, 5) is 22.0. The third kappa shape index (κ3) is 5.56. The molecule has 88 valence electrons. The maximum absolute atomic E-state index is 11.0. The fraction of sp³-hybridized carbons (Fsp3) is 0.500. The van der Waals surface area contributed by atoms with Crippen molar-refractivity contribution in [3.63, 3.8) is 0 Å². The molecule has 0 aromatic heterocycles. The highest BCUT2D eigenvalue weighted by molar-refractivity contribution is 6.46. The van der Waals surface area contributed by atoms with Crippen LogP contribution in [0, 0.1) is 11.3 Å². The maximum Gasteiger partial charge on any atom is 0.321 e. The largest absolute Gasteiger partial charge is 0.410 e. The molecule has 0 aliphatic rings. The Morgan fingerprint density at radius 2 is 2.25 bits per heavy atom. The van der Waals surface area contributed by atoms with Crippen molar-refractivity contribution >= 4 is 17.6 Å². The zero-order chi connectivity index (χ0) is 12.4. The predicted molar refractivity (Wildman–Crippen MR) is 52.9 cm³/mol. The van der Waals surface area contributed by atoms with Crippen LogP contribution in [0.1, 0.15) is 6.42 Å². The lowest BCUT2D eigenvalue weighted by molar-refractivity contribution is -0.113. The van der Waals surface area contributed by atoms with Crippen molar-refractivity contribution in [3.05, 3.63) is 0 Å². The van der Waals surface area contributed by atoms with Gasteiger partial charge in [0, 0.05) is 20.3 Å². The van der Waals surface area contributed by atoms with Crippen LogP contribution in [0.2, 0.25) is 0 Å². The van der Waals surface area contributed by atoms with Crippen LogP contribution in [0.4, 0.5) is 4.79 Å². The minimum atomic E-state index is -1.06. The van der Waals surface area contributed by atoms with Gasteiger partial charge < -0.3 is 15.3 Å². The van der Waals surface area contributed by atoms with Gasteiger partial charge in [-0.1, -0.05) is 5.16 Å². The lowest BCUT2D eigenvalue weighted by Crippen LogP contribution is -2.42. The molecule has 0 aliphatic carbocycles. The number of carbonyl (C=O) groups is 2. The lowest BCUT2D eigenvalue weighted by atomic mass is 10.4. The fourth-order valence-corrected chi connectivity index (χ4v) is 0.743. The first-order chi connectivity index (χ1) is 7.65. The summed E-state index contributed by atoms with van der Waals surface area (Å²) in [7, 11) is 1.53. The highest BCUT2D eigenvalue weighted by Gasteiger charge is 2.14. The second-order valence-electron chi connectivity index (χ2n) is 2.62. The number of nitrogens with one attached hydrogen (secondary N) is 2. The van der Waals surface area contributed by atoms with E-state index in [1.54, 1.807) is 0 Å². The highest BCUT2D eigenvalue weighted by Crippen LogP contribution is 1.79. The minimum Gasteiger partial charge on any atom is -0.410 e. The van der Waals surface area contributed by atoms with E-state index in [0.717, 1.165) is 0 Å². The number of ether oxygens (including phenoxy) is 1. The van der Waals surface area contributed by atoms with Crippen molar-refractivity contribution in [1.29, 1.82) is 5.26 Å². The van der Waals surface area contributed by atoms with Crippen LogP contribution >= 0.6 is 0 Å². The molecule has 16 heavy (non-hydrogen) atoms. The summed E-state index contributed by atoms with van der Waals surface area (Å²) in [5, 5.41) is 23.1. The molecule has 0 spiro atoms. The Labute approximate surface area is 91.9 Å². The zero-order valence-electron chi connectivity index (χ0n) is 8.69. The van der Waals surface area contributed by atoms with Gasteiger partial charge in [0.1, 0.15) is 6.07 Å². The molecular formula is C8H12N4O4. The summed E-state index contributed by atoms with van der Waals surface area (Å²) in [6.45, 7) is 0.806. The monoisotopic (exact) mass is 228 g/mol. The van der Waals surface area contributed by atoms with E-state index in [1.165, 1.54) is 13.2 Å². The number of hydrogen-bond acceptors (Lipinski definition) is 6. The lowest BCUT2D eigenvalue weighted by Gasteiger charge is -2.04. The molecule has 0 heterocycles. The molecule has 0 aromatic carbocycles. The first-order valence-corrected chi connectivity index (χ1v) is 4.36. The number of nitrogens with zero attached hydrogens (tertiary/aromatic N) is 2. The molecule has 0 unspecified atom stereocenters. The summed E-state index contributed by atoms with van der Waals surface area (Å²) in [5.41, 5.74) is -0.785. The Kier molecular flexibility index (Phi) is 7.10. The Hall–Kier alpha value is -2.14. The SMILES string of the molecule is COCCCNC(=O)NC(=O)/C(C#N)=N/O. The van der Waals surface area contributed by atoms with Gasteiger partial charge in [-0.15, -0.1) is 0 Å². The topological polar surface area (TPSA) is 124 Å². The molecule has 0 rings (SSSR count). The van der Waals surface area contributed by atoms with Crippen LogP contribution in [-0.2, 0) is 9.53 Å². The second kappa shape index (κ2) is 8.19. The average Bonchev–Trinajstić information content (AvgIpc) is 2.26. The quantitative estimate of drug-likeness (QED) is 0.246. The van der Waals surface area contributed by atoms with Crippen LogP contribution in [0.3, 0.4) is 0 Å². The Balaban J connectivity index is 3.89. The van der Waals surface area contributed by atoms with Crippen molar-refractivity contribution < 1.29 is 19.5 Å². The molecule has 0 radical (unpaired) electrons. The number of carbonyl (C=O) groups excluding carboxylic acids is 2. The third-order valence-electron chi connectivity index (χ3n) is 1.46. The van der Waals surface area contributed by atoms with Gasteiger partial charge in [-0.25, -0.2) is 4.79 Å². The maximum atomic E-state index is 11.0. The van der Waals surface area contributed by atoms with Crippen molar-refractivity contribution in [2.45, 2.75) is 6.42 Å². The van der Waals surface area contributed by atoms with Gasteiger partial charge >= 0.3 is 6.03 Å². The number of oxime groups is 1. The molecule has 8 nitrogen and oxygen atoms in total. The van der Waals surface area contributed by atoms with E-state index in [9.17, 15) is 9.59 Å². The summed E-state index contributed by atoms with van der Waals surface area (Å²) in [6.07, 6.45) is 0.595. The van der Waals surface area contributed by atoms with E-state index in [1.807, 2.05) is 5.32 Å². The molecule has 0 saturated carbocycles. The Morgan fingerprint density at radius 1 is 1.56 bits per heavy atom. The summed E-state index contributed by atoms with van der Waals surface area (Å²) >= 11 is 0. The van der Waals surface area contributed by atoms with E-state index >= 15 is 0 Å². The van der Waals surface area contributed by atoms with E-state index < -0.39 is 17.6 Å². The number of hydrogen-bond donors (Lipinski definition) is 3. The molecule has 0 saturated heterocycles. The van der Waals surface area contributed by atoms with Crippen LogP contribution in [0.25, 0.3) is 0 Å². The normalized spacial score (nSPS) is 10.4. The fourth-order valence-electron chi connectivity index (χ4n) is 0.743. The van der Waals surface area contributed by atoms with E-state index in [4.69, 9.17) is 15.2 Å². The molecule has 0 fully saturated rings. The zero-order valence-corrected chi connectivity index (χ0v) is 8.69. The van der Waals surface area contributed by atoms with Gasteiger partial charge in [0.05, 0.1) is 0 Å². The van der Waals surface area contributed by atoms with Crippen molar-refractivity contribution in [2.75, 3.05) is 20.3 Å². The van der Waals surface area contributed by atoms with Crippen molar-refractivity contribution in [1.82, 2.24) is 10.6 Å². The number of urea groups is 1. The van der Waals surface area contributed by atoms with Crippen LogP contribution in [-0.4, -0.2) is 43.1 Å². The number of methoxy groups -OCH3 is 1. The molecule has 0 bridgehead atoms. The number of nitriles is 1. The molecule has 3 N–H and O–H groups in total. The van der Waals surface area contributed by atoms with E-state index in [0.29, 0.717) is 19.6 Å². The smallest absolute Gasteiger partial charge is 0.321 e. The van der Waals surface area contributed by atoms with Crippen molar-refractivity contribution in [3.8, 4) is 6.07 Å². The molecule has 0 aliphatic heterocycles. The summed E-state index contributed by atoms with van der Waals surface area (Å²) in [6, 6.07) is 0.555. The first kappa shape index (κ1) is 13.9. The molecule has 0 atom stereocenters. The van der Waals surface area contributed by atoms with Crippen molar-refractivity contribution in [2.24, 2.45) is 5.16 Å². The second-order valence-corrected chi connectivity index (χ2v) is 2.62. The van der Waals surface area contributed by atoms with E-state index in [-0.39, 0.29) is 0 Å². The predicted octanol–water partition coefficient (Wildman–Crippen LogP) is -0.798. The van der Waals surface area contributed by atoms with Gasteiger partial charge in [-0.3, -0.25) is 10.1 Å². The van der Waals surface area contributed by atoms with Crippen LogP contribution in [0.15, 0.2) is 5.16 Å². The number of imide groups is 1. The van der Waals surface area contributed by atoms with Gasteiger partial charge in [-0.05, 0) is 6.42 Å². The average molecular weight is 228 g/mol. The van der Waals surface area contributed by atoms with Gasteiger partial charge in [-0.2, -0.15) is 5.26 Å². The van der Waals surface area contributed by atoms with Crippen LogP contribution in [0.5, 0.6) is 0 Å². The summed E-state index contributed by atoms with van der Waals surface area (Å²) < 4.78 is 4.74. The molecule has 0 aromatic rings. The van der Waals surface area contributed by atoms with Gasteiger partial charge in [0.25, 0.3) is 5.91 Å². The molecule has 3 amide bonds.